The highest BCUT2D eigenvalue weighted by Gasteiger charge is 2.13. The molecule has 18 heavy (non-hydrogen) atoms. The minimum atomic E-state index is -3.70. The lowest BCUT2D eigenvalue weighted by Gasteiger charge is -2.13. The molecule has 3 nitrogen and oxygen atoms in total. The van der Waals surface area contributed by atoms with Crippen LogP contribution in [0.2, 0.25) is 0 Å². The molecule has 0 fully saturated rings. The summed E-state index contributed by atoms with van der Waals surface area (Å²) in [6, 6.07) is 4.49. The van der Waals surface area contributed by atoms with Crippen LogP contribution in [0.4, 0.5) is 0 Å². The molecule has 0 spiro atoms. The van der Waals surface area contributed by atoms with E-state index < -0.39 is 9.05 Å². The zero-order chi connectivity index (χ0) is 13.8. The molecule has 0 saturated carbocycles. The van der Waals surface area contributed by atoms with Crippen LogP contribution in [0.3, 0.4) is 0 Å². The molecule has 0 radical (unpaired) electrons. The third-order valence-electron chi connectivity index (χ3n) is 2.49. The maximum absolute atomic E-state index is 11.2. The third kappa shape index (κ3) is 4.78. The van der Waals surface area contributed by atoms with Gasteiger partial charge in [0, 0.05) is 10.7 Å². The summed E-state index contributed by atoms with van der Waals surface area (Å²) >= 11 is 3.28. The maximum Gasteiger partial charge on any atom is 0.261 e. The molecule has 0 aliphatic rings. The van der Waals surface area contributed by atoms with Gasteiger partial charge in [0.1, 0.15) is 5.75 Å². The molecule has 0 amide bonds. The van der Waals surface area contributed by atoms with Crippen LogP contribution in [0.15, 0.2) is 27.6 Å². The molecule has 1 atom stereocenters. The van der Waals surface area contributed by atoms with Gasteiger partial charge < -0.3 is 4.74 Å². The van der Waals surface area contributed by atoms with Gasteiger partial charge in [-0.1, -0.05) is 20.3 Å². The van der Waals surface area contributed by atoms with Crippen LogP contribution in [-0.4, -0.2) is 15.0 Å². The van der Waals surface area contributed by atoms with E-state index in [0.717, 1.165) is 12.8 Å². The van der Waals surface area contributed by atoms with E-state index in [-0.39, 0.29) is 4.90 Å². The van der Waals surface area contributed by atoms with Gasteiger partial charge in [0.2, 0.25) is 0 Å². The Balaban J connectivity index is 2.75. The Morgan fingerprint density at radius 3 is 2.61 bits per heavy atom. The van der Waals surface area contributed by atoms with Gasteiger partial charge in [0.15, 0.2) is 0 Å². The van der Waals surface area contributed by atoms with E-state index in [4.69, 9.17) is 15.4 Å². The number of hydrogen-bond acceptors (Lipinski definition) is 3. The van der Waals surface area contributed by atoms with Crippen LogP contribution >= 0.6 is 26.6 Å². The van der Waals surface area contributed by atoms with E-state index in [0.29, 0.717) is 22.7 Å². The number of rotatable bonds is 6. The lowest BCUT2D eigenvalue weighted by molar-refractivity contribution is 0.250. The normalized spacial score (nSPS) is 13.3. The van der Waals surface area contributed by atoms with Gasteiger partial charge in [0.05, 0.1) is 16.0 Å². The molecule has 0 aliphatic heterocycles. The monoisotopic (exact) mass is 354 g/mol. The Morgan fingerprint density at radius 1 is 1.44 bits per heavy atom. The molecule has 0 bridgehead atoms. The van der Waals surface area contributed by atoms with Crippen molar-refractivity contribution in [2.75, 3.05) is 6.61 Å². The first kappa shape index (κ1) is 15.8. The first-order valence-corrected chi connectivity index (χ1v) is 8.81. The smallest absolute Gasteiger partial charge is 0.261 e. The zero-order valence-corrected chi connectivity index (χ0v) is 13.5. The lowest BCUT2D eigenvalue weighted by Crippen LogP contribution is -2.08. The summed E-state index contributed by atoms with van der Waals surface area (Å²) in [4.78, 5) is 0.0602. The molecule has 1 aromatic carbocycles. The van der Waals surface area contributed by atoms with Gasteiger partial charge in [0.25, 0.3) is 9.05 Å². The summed E-state index contributed by atoms with van der Waals surface area (Å²) < 4.78 is 28.5. The van der Waals surface area contributed by atoms with E-state index in [9.17, 15) is 8.42 Å². The second-order valence-corrected chi connectivity index (χ2v) is 7.66. The largest absolute Gasteiger partial charge is 0.492 e. The summed E-state index contributed by atoms with van der Waals surface area (Å²) in [5.74, 6) is 1.10. The highest BCUT2D eigenvalue weighted by atomic mass is 79.9. The molecule has 0 heterocycles. The molecular weight excluding hydrogens is 340 g/mol. The predicted molar refractivity (Wildman–Crippen MR) is 76.7 cm³/mol. The van der Waals surface area contributed by atoms with Crippen LogP contribution in [0.25, 0.3) is 0 Å². The topological polar surface area (TPSA) is 43.4 Å². The van der Waals surface area contributed by atoms with Gasteiger partial charge >= 0.3 is 0 Å². The fourth-order valence-electron chi connectivity index (χ4n) is 1.56. The Bertz CT molecular complexity index is 502. The number of ether oxygens (including phenoxy) is 1. The standard InChI is InChI=1S/C12H16BrClO3S/c1-3-4-9(2)8-17-12-6-5-10(7-11(12)13)18(14,15)16/h5-7,9H,3-4,8H2,1-2H3. The molecule has 0 aliphatic carbocycles. The van der Waals surface area contributed by atoms with Crippen LogP contribution < -0.4 is 4.74 Å². The molecule has 1 aromatic rings. The Morgan fingerprint density at radius 2 is 2.11 bits per heavy atom. The molecule has 0 saturated heterocycles. The average molecular weight is 356 g/mol. The van der Waals surface area contributed by atoms with Crippen LogP contribution in [0.1, 0.15) is 26.7 Å². The van der Waals surface area contributed by atoms with Crippen LogP contribution in [-0.2, 0) is 9.05 Å². The first-order valence-electron chi connectivity index (χ1n) is 5.71. The summed E-state index contributed by atoms with van der Waals surface area (Å²) in [5, 5.41) is 0. The van der Waals surface area contributed by atoms with Crippen LogP contribution in [0, 0.1) is 5.92 Å². The van der Waals surface area contributed by atoms with E-state index in [1.807, 2.05) is 0 Å². The zero-order valence-electron chi connectivity index (χ0n) is 10.3. The second kappa shape index (κ2) is 6.78. The van der Waals surface area contributed by atoms with Gasteiger partial charge in [-0.3, -0.25) is 0 Å². The maximum atomic E-state index is 11.2. The van der Waals surface area contributed by atoms with Crippen molar-refractivity contribution in [2.45, 2.75) is 31.6 Å². The second-order valence-electron chi connectivity index (χ2n) is 4.23. The van der Waals surface area contributed by atoms with Crippen molar-refractivity contribution in [1.82, 2.24) is 0 Å². The van der Waals surface area contributed by atoms with Gasteiger partial charge in [-0.15, -0.1) is 0 Å². The first-order chi connectivity index (χ1) is 8.34. The summed E-state index contributed by atoms with van der Waals surface area (Å²) in [7, 11) is 1.57. The van der Waals surface area contributed by atoms with Crippen molar-refractivity contribution in [1.29, 1.82) is 0 Å². The SMILES string of the molecule is CCCC(C)COc1ccc(S(=O)(=O)Cl)cc1Br. The minimum Gasteiger partial charge on any atom is -0.492 e. The van der Waals surface area contributed by atoms with Crippen molar-refractivity contribution in [3.05, 3.63) is 22.7 Å². The Labute approximate surface area is 121 Å². The molecule has 6 heteroatoms. The fourth-order valence-corrected chi connectivity index (χ4v) is 2.98. The van der Waals surface area contributed by atoms with Crippen molar-refractivity contribution in [3.63, 3.8) is 0 Å². The van der Waals surface area contributed by atoms with Gasteiger partial charge in [-0.2, -0.15) is 0 Å². The molecule has 102 valence electrons. The van der Waals surface area contributed by atoms with Crippen molar-refractivity contribution >= 4 is 35.7 Å². The van der Waals surface area contributed by atoms with Gasteiger partial charge in [-0.25, -0.2) is 8.42 Å². The average Bonchev–Trinajstić information content (AvgIpc) is 2.26. The van der Waals surface area contributed by atoms with Gasteiger partial charge in [-0.05, 0) is 46.5 Å². The Hall–Kier alpha value is -0.260. The highest BCUT2D eigenvalue weighted by Crippen LogP contribution is 2.29. The fraction of sp³-hybridized carbons (Fsp3) is 0.500. The predicted octanol–water partition coefficient (Wildman–Crippen LogP) is 4.19. The molecule has 1 unspecified atom stereocenters. The summed E-state index contributed by atoms with van der Waals surface area (Å²) in [6.45, 7) is 4.86. The van der Waals surface area contributed by atoms with E-state index in [1.165, 1.54) is 12.1 Å². The van der Waals surface area contributed by atoms with E-state index in [2.05, 4.69) is 29.8 Å². The van der Waals surface area contributed by atoms with E-state index >= 15 is 0 Å². The van der Waals surface area contributed by atoms with E-state index in [1.54, 1.807) is 6.07 Å². The minimum absolute atomic E-state index is 0.0602. The quantitative estimate of drug-likeness (QED) is 0.719. The Kier molecular flexibility index (Phi) is 5.95. The molecular formula is C12H16BrClO3S. The number of halogens is 2. The molecule has 0 N–H and O–H groups in total. The van der Waals surface area contributed by atoms with Crippen LogP contribution in [0.5, 0.6) is 5.75 Å². The molecule has 0 aromatic heterocycles. The number of benzene rings is 1. The van der Waals surface area contributed by atoms with Crippen molar-refractivity contribution in [2.24, 2.45) is 5.92 Å². The summed E-state index contributed by atoms with van der Waals surface area (Å²) in [5.41, 5.74) is 0. The van der Waals surface area contributed by atoms with Crippen molar-refractivity contribution in [3.8, 4) is 5.75 Å². The summed E-state index contributed by atoms with van der Waals surface area (Å²) in [6.07, 6.45) is 2.22. The van der Waals surface area contributed by atoms with Crippen molar-refractivity contribution < 1.29 is 13.2 Å². The number of hydrogen-bond donors (Lipinski definition) is 0. The lowest BCUT2D eigenvalue weighted by atomic mass is 10.1. The molecule has 1 rings (SSSR count). The third-order valence-corrected chi connectivity index (χ3v) is 4.46. The highest BCUT2D eigenvalue weighted by molar-refractivity contribution is 9.10.